The van der Waals surface area contributed by atoms with Crippen molar-refractivity contribution in [1.82, 2.24) is 5.43 Å². The van der Waals surface area contributed by atoms with Crippen LogP contribution in [0, 0.1) is 12.3 Å². The number of hydrogen-bond donors (Lipinski definition) is 2. The minimum atomic E-state index is -0.121. The Labute approximate surface area is 122 Å². The fourth-order valence-electron chi connectivity index (χ4n) is 2.46. The summed E-state index contributed by atoms with van der Waals surface area (Å²) in [4.78, 5) is 0. The lowest BCUT2D eigenvalue weighted by atomic mass is 9.81. The fourth-order valence-corrected chi connectivity index (χ4v) is 2.46. The topological polar surface area (TPSA) is 56.5 Å². The molecule has 0 aromatic heterocycles. The van der Waals surface area contributed by atoms with Gasteiger partial charge >= 0.3 is 0 Å². The van der Waals surface area contributed by atoms with Crippen molar-refractivity contribution in [3.05, 3.63) is 29.3 Å². The van der Waals surface area contributed by atoms with E-state index in [1.165, 1.54) is 5.56 Å². The Morgan fingerprint density at radius 1 is 1.30 bits per heavy atom. The van der Waals surface area contributed by atoms with Gasteiger partial charge in [0, 0.05) is 12.2 Å². The highest BCUT2D eigenvalue weighted by Crippen LogP contribution is 2.36. The molecule has 0 radical (unpaired) electrons. The minimum absolute atomic E-state index is 0.0399. The molecule has 0 aliphatic heterocycles. The number of hydrazine groups is 1. The highest BCUT2D eigenvalue weighted by molar-refractivity contribution is 5.40. The zero-order valence-electron chi connectivity index (χ0n) is 13.5. The summed E-state index contributed by atoms with van der Waals surface area (Å²) in [6, 6.07) is 5.98. The van der Waals surface area contributed by atoms with E-state index in [1.807, 2.05) is 19.1 Å². The molecule has 1 aromatic carbocycles. The number of ether oxygens (including phenoxy) is 2. The van der Waals surface area contributed by atoms with Crippen LogP contribution in [0.5, 0.6) is 5.75 Å². The van der Waals surface area contributed by atoms with Gasteiger partial charge in [0.15, 0.2) is 0 Å². The van der Waals surface area contributed by atoms with Gasteiger partial charge in [-0.1, -0.05) is 38.5 Å². The Bertz CT molecular complexity index is 427. The van der Waals surface area contributed by atoms with Gasteiger partial charge in [0.05, 0.1) is 19.3 Å². The first-order valence-corrected chi connectivity index (χ1v) is 7.07. The molecule has 0 spiro atoms. The van der Waals surface area contributed by atoms with E-state index in [-0.39, 0.29) is 17.6 Å². The van der Waals surface area contributed by atoms with Crippen LogP contribution in [-0.2, 0) is 4.74 Å². The molecule has 2 unspecified atom stereocenters. The average molecular weight is 280 g/mol. The Kier molecular flexibility index (Phi) is 5.99. The fraction of sp³-hybridized carbons (Fsp3) is 0.625. The van der Waals surface area contributed by atoms with Crippen molar-refractivity contribution < 1.29 is 9.47 Å². The summed E-state index contributed by atoms with van der Waals surface area (Å²) in [5.41, 5.74) is 5.07. The summed E-state index contributed by atoms with van der Waals surface area (Å²) < 4.78 is 11.4. The van der Waals surface area contributed by atoms with Crippen LogP contribution < -0.4 is 16.0 Å². The number of nitrogens with two attached hydrogens (primary N) is 1. The summed E-state index contributed by atoms with van der Waals surface area (Å²) in [5.74, 6) is 6.65. The van der Waals surface area contributed by atoms with Crippen molar-refractivity contribution in [1.29, 1.82) is 0 Å². The van der Waals surface area contributed by atoms with Gasteiger partial charge in [-0.25, -0.2) is 0 Å². The largest absolute Gasteiger partial charge is 0.496 e. The summed E-state index contributed by atoms with van der Waals surface area (Å²) in [5, 5.41) is 0. The van der Waals surface area contributed by atoms with E-state index in [9.17, 15) is 0 Å². The van der Waals surface area contributed by atoms with Gasteiger partial charge in [-0.15, -0.1) is 0 Å². The number of aryl methyl sites for hydroxylation is 1. The Morgan fingerprint density at radius 2 is 1.95 bits per heavy atom. The van der Waals surface area contributed by atoms with Crippen LogP contribution in [0.3, 0.4) is 0 Å². The van der Waals surface area contributed by atoms with Crippen LogP contribution >= 0.6 is 0 Å². The first-order valence-electron chi connectivity index (χ1n) is 7.07. The summed E-state index contributed by atoms with van der Waals surface area (Å²) in [6.07, 6.45) is -0.0480. The highest BCUT2D eigenvalue weighted by atomic mass is 16.5. The smallest absolute Gasteiger partial charge is 0.123 e. The molecule has 3 N–H and O–H groups in total. The van der Waals surface area contributed by atoms with E-state index in [1.54, 1.807) is 7.11 Å². The summed E-state index contributed by atoms with van der Waals surface area (Å²) >= 11 is 0. The molecule has 0 fully saturated rings. The quantitative estimate of drug-likeness (QED) is 0.621. The van der Waals surface area contributed by atoms with Gasteiger partial charge in [-0.05, 0) is 25.3 Å². The Hall–Kier alpha value is -1.10. The third-order valence-corrected chi connectivity index (χ3v) is 3.40. The van der Waals surface area contributed by atoms with Crippen LogP contribution in [0.4, 0.5) is 0 Å². The van der Waals surface area contributed by atoms with Gasteiger partial charge in [-0.2, -0.15) is 0 Å². The zero-order valence-corrected chi connectivity index (χ0v) is 13.5. The van der Waals surface area contributed by atoms with E-state index in [2.05, 4.69) is 39.2 Å². The Morgan fingerprint density at radius 3 is 2.40 bits per heavy atom. The molecule has 1 rings (SSSR count). The lowest BCUT2D eigenvalue weighted by molar-refractivity contribution is -0.0370. The molecule has 2 atom stereocenters. The lowest BCUT2D eigenvalue weighted by Gasteiger charge is -2.37. The number of hydrogen-bond acceptors (Lipinski definition) is 4. The van der Waals surface area contributed by atoms with Crippen LogP contribution in [-0.4, -0.2) is 19.8 Å². The van der Waals surface area contributed by atoms with Crippen LogP contribution in [0.15, 0.2) is 18.2 Å². The van der Waals surface area contributed by atoms with E-state index in [0.717, 1.165) is 11.3 Å². The molecular formula is C16H28N2O2. The number of nitrogens with one attached hydrogen (secondary N) is 1. The summed E-state index contributed by atoms with van der Waals surface area (Å²) in [6.45, 7) is 11.2. The molecule has 0 amide bonds. The van der Waals surface area contributed by atoms with Crippen molar-refractivity contribution in [3.8, 4) is 5.75 Å². The monoisotopic (exact) mass is 280 g/mol. The average Bonchev–Trinajstić information content (AvgIpc) is 2.38. The van der Waals surface area contributed by atoms with Crippen molar-refractivity contribution in [2.24, 2.45) is 11.3 Å². The minimum Gasteiger partial charge on any atom is -0.496 e. The highest BCUT2D eigenvalue weighted by Gasteiger charge is 2.34. The molecule has 1 aromatic rings. The van der Waals surface area contributed by atoms with Crippen molar-refractivity contribution in [3.63, 3.8) is 0 Å². The number of methoxy groups -OCH3 is 1. The number of rotatable bonds is 6. The molecule has 0 aliphatic rings. The van der Waals surface area contributed by atoms with E-state index in [4.69, 9.17) is 15.3 Å². The van der Waals surface area contributed by atoms with Gasteiger partial charge in [0.2, 0.25) is 0 Å². The predicted octanol–water partition coefficient (Wildman–Crippen LogP) is 2.96. The predicted molar refractivity (Wildman–Crippen MR) is 82.7 cm³/mol. The van der Waals surface area contributed by atoms with Gasteiger partial charge in [0.25, 0.3) is 0 Å². The third-order valence-electron chi connectivity index (χ3n) is 3.40. The van der Waals surface area contributed by atoms with Gasteiger partial charge in [-0.3, -0.25) is 11.3 Å². The van der Waals surface area contributed by atoms with Crippen molar-refractivity contribution >= 4 is 0 Å². The molecule has 0 saturated carbocycles. The first kappa shape index (κ1) is 17.0. The maximum Gasteiger partial charge on any atom is 0.123 e. The molecule has 4 heteroatoms. The molecule has 0 bridgehead atoms. The standard InChI is InChI=1S/C16H28N2O2/c1-7-20-15(16(3,4)5)14(18-17)12-10-11(2)8-9-13(12)19-6/h8-10,14-15,18H,7,17H2,1-6H3. The first-order chi connectivity index (χ1) is 9.35. The van der Waals surface area contributed by atoms with E-state index < -0.39 is 0 Å². The van der Waals surface area contributed by atoms with Crippen LogP contribution in [0.2, 0.25) is 0 Å². The SMILES string of the molecule is CCOC(C(NN)c1cc(C)ccc1OC)C(C)(C)C. The molecule has 0 saturated heterocycles. The molecule has 4 nitrogen and oxygen atoms in total. The number of benzene rings is 1. The van der Waals surface area contributed by atoms with Gasteiger partial charge in [0.1, 0.15) is 5.75 Å². The van der Waals surface area contributed by atoms with E-state index in [0.29, 0.717) is 6.61 Å². The lowest BCUT2D eigenvalue weighted by Crippen LogP contribution is -2.44. The van der Waals surface area contributed by atoms with Crippen molar-refractivity contribution in [2.75, 3.05) is 13.7 Å². The van der Waals surface area contributed by atoms with E-state index >= 15 is 0 Å². The molecule has 0 aliphatic carbocycles. The maximum atomic E-state index is 5.96. The van der Waals surface area contributed by atoms with Gasteiger partial charge < -0.3 is 9.47 Å². The van der Waals surface area contributed by atoms with Crippen molar-refractivity contribution in [2.45, 2.75) is 46.8 Å². The molecule has 20 heavy (non-hydrogen) atoms. The summed E-state index contributed by atoms with van der Waals surface area (Å²) in [7, 11) is 1.68. The normalized spacial score (nSPS) is 14.9. The molecule has 0 heterocycles. The molecule has 114 valence electrons. The van der Waals surface area contributed by atoms with Crippen LogP contribution in [0.1, 0.15) is 44.9 Å². The second kappa shape index (κ2) is 7.07. The third kappa shape index (κ3) is 3.95. The van der Waals surface area contributed by atoms with Crippen LogP contribution in [0.25, 0.3) is 0 Å². The second-order valence-corrected chi connectivity index (χ2v) is 6.13. The second-order valence-electron chi connectivity index (χ2n) is 6.13. The molecular weight excluding hydrogens is 252 g/mol. The Balaban J connectivity index is 3.25. The zero-order chi connectivity index (χ0) is 15.3. The maximum absolute atomic E-state index is 5.96.